The van der Waals surface area contributed by atoms with Crippen molar-refractivity contribution in [3.05, 3.63) is 11.3 Å². The van der Waals surface area contributed by atoms with E-state index in [9.17, 15) is 13.2 Å². The van der Waals surface area contributed by atoms with Crippen molar-refractivity contribution in [3.63, 3.8) is 0 Å². The van der Waals surface area contributed by atoms with Gasteiger partial charge in [0.25, 0.3) is 0 Å². The quantitative estimate of drug-likeness (QED) is 0.637. The van der Waals surface area contributed by atoms with Crippen molar-refractivity contribution in [2.75, 3.05) is 12.0 Å². The molecular formula is C11H20F3N5. The van der Waals surface area contributed by atoms with Gasteiger partial charge in [-0.05, 0) is 20.8 Å². The van der Waals surface area contributed by atoms with Crippen molar-refractivity contribution in [2.45, 2.75) is 39.5 Å². The molecule has 8 heteroatoms. The largest absolute Gasteiger partial charge is 0.401 e. The lowest BCUT2D eigenvalue weighted by Gasteiger charge is -2.27. The highest BCUT2D eigenvalue weighted by atomic mass is 19.4. The zero-order chi connectivity index (χ0) is 14.8. The molecule has 0 aliphatic rings. The van der Waals surface area contributed by atoms with Crippen LogP contribution in [0.4, 0.5) is 19.0 Å². The molecule has 1 aromatic heterocycles. The first-order valence-corrected chi connectivity index (χ1v) is 5.95. The molecule has 19 heavy (non-hydrogen) atoms. The minimum atomic E-state index is -4.23. The first-order valence-electron chi connectivity index (χ1n) is 5.95. The van der Waals surface area contributed by atoms with E-state index >= 15 is 0 Å². The second kappa shape index (κ2) is 5.79. The van der Waals surface area contributed by atoms with E-state index in [1.165, 1.54) is 9.58 Å². The van der Waals surface area contributed by atoms with Crippen LogP contribution < -0.4 is 11.3 Å². The first kappa shape index (κ1) is 15.8. The number of nitrogen functional groups attached to an aromatic ring is 1. The molecule has 0 atom stereocenters. The van der Waals surface area contributed by atoms with E-state index in [-0.39, 0.29) is 12.6 Å². The zero-order valence-corrected chi connectivity index (χ0v) is 11.5. The molecule has 0 radical (unpaired) electrons. The summed E-state index contributed by atoms with van der Waals surface area (Å²) in [7, 11) is 1.69. The van der Waals surface area contributed by atoms with Crippen LogP contribution in [0.3, 0.4) is 0 Å². The Hall–Kier alpha value is -1.28. The molecule has 5 nitrogen and oxygen atoms in total. The van der Waals surface area contributed by atoms with Crippen LogP contribution in [0.25, 0.3) is 0 Å². The van der Waals surface area contributed by atoms with Gasteiger partial charge in [-0.25, -0.2) is 5.84 Å². The Kier molecular flexibility index (Phi) is 4.81. The number of alkyl halides is 3. The van der Waals surface area contributed by atoms with Gasteiger partial charge >= 0.3 is 6.18 Å². The van der Waals surface area contributed by atoms with E-state index in [1.54, 1.807) is 27.8 Å². The van der Waals surface area contributed by atoms with Crippen LogP contribution in [0, 0.1) is 6.92 Å². The summed E-state index contributed by atoms with van der Waals surface area (Å²) in [4.78, 5) is 1.34. The molecule has 0 aliphatic heterocycles. The lowest BCUT2D eigenvalue weighted by molar-refractivity contribution is -0.150. The number of halogens is 3. The summed E-state index contributed by atoms with van der Waals surface area (Å²) in [6.45, 7) is 4.40. The van der Waals surface area contributed by atoms with Crippen LogP contribution in [0.5, 0.6) is 0 Å². The summed E-state index contributed by atoms with van der Waals surface area (Å²) in [5, 5.41) is 4.16. The molecule has 0 aliphatic carbocycles. The third kappa shape index (κ3) is 4.10. The van der Waals surface area contributed by atoms with Crippen molar-refractivity contribution < 1.29 is 13.2 Å². The van der Waals surface area contributed by atoms with Gasteiger partial charge in [-0.3, -0.25) is 9.58 Å². The Morgan fingerprint density at radius 1 is 1.42 bits per heavy atom. The van der Waals surface area contributed by atoms with Crippen LogP contribution in [0.15, 0.2) is 0 Å². The van der Waals surface area contributed by atoms with Gasteiger partial charge in [-0.1, -0.05) is 0 Å². The van der Waals surface area contributed by atoms with E-state index in [1.807, 2.05) is 0 Å². The fraction of sp³-hybridized carbons (Fsp3) is 0.727. The number of aryl methyl sites for hydroxylation is 2. The van der Waals surface area contributed by atoms with Gasteiger partial charge in [-0.15, -0.1) is 0 Å². The molecule has 0 amide bonds. The van der Waals surface area contributed by atoms with E-state index in [2.05, 4.69) is 10.5 Å². The van der Waals surface area contributed by atoms with Gasteiger partial charge in [0.05, 0.1) is 12.2 Å². The van der Waals surface area contributed by atoms with Crippen molar-refractivity contribution in [1.82, 2.24) is 14.7 Å². The fourth-order valence-corrected chi connectivity index (χ4v) is 1.93. The molecule has 0 spiro atoms. The van der Waals surface area contributed by atoms with Gasteiger partial charge < -0.3 is 5.43 Å². The van der Waals surface area contributed by atoms with E-state index in [4.69, 9.17) is 5.84 Å². The average Bonchev–Trinajstić information content (AvgIpc) is 2.50. The number of hydrazine groups is 1. The molecule has 3 N–H and O–H groups in total. The van der Waals surface area contributed by atoms with E-state index in [0.717, 1.165) is 0 Å². The Labute approximate surface area is 110 Å². The summed E-state index contributed by atoms with van der Waals surface area (Å²) in [5.41, 5.74) is 3.84. The van der Waals surface area contributed by atoms with Gasteiger partial charge in [0.1, 0.15) is 5.82 Å². The number of aromatic nitrogens is 2. The third-order valence-electron chi connectivity index (χ3n) is 2.96. The maximum Gasteiger partial charge on any atom is 0.401 e. The smallest absolute Gasteiger partial charge is 0.308 e. The summed E-state index contributed by atoms with van der Waals surface area (Å²) >= 11 is 0. The number of anilines is 1. The Bertz CT molecular complexity index is 425. The molecule has 1 rings (SSSR count). The highest BCUT2D eigenvalue weighted by molar-refractivity contribution is 5.46. The third-order valence-corrected chi connectivity index (χ3v) is 2.96. The molecule has 0 bridgehead atoms. The highest BCUT2D eigenvalue weighted by Crippen LogP contribution is 2.24. The Balaban J connectivity index is 2.97. The minimum absolute atomic E-state index is 0.149. The van der Waals surface area contributed by atoms with Gasteiger partial charge in [0, 0.05) is 25.2 Å². The number of nitrogens with zero attached hydrogens (tertiary/aromatic N) is 3. The van der Waals surface area contributed by atoms with Crippen LogP contribution in [0.2, 0.25) is 0 Å². The SMILES string of the molecule is Cc1nn(C)c(NN)c1CN(CC(F)(F)F)C(C)C. The summed E-state index contributed by atoms with van der Waals surface area (Å²) in [6.07, 6.45) is -4.23. The van der Waals surface area contributed by atoms with Gasteiger partial charge in [0.15, 0.2) is 0 Å². The van der Waals surface area contributed by atoms with Crippen LogP contribution in [-0.2, 0) is 13.6 Å². The predicted octanol–water partition coefficient (Wildman–Crippen LogP) is 1.79. The summed E-state index contributed by atoms with van der Waals surface area (Å²) in [6, 6.07) is -0.230. The maximum absolute atomic E-state index is 12.6. The summed E-state index contributed by atoms with van der Waals surface area (Å²) < 4.78 is 39.2. The molecule has 0 unspecified atom stereocenters. The average molecular weight is 279 g/mol. The highest BCUT2D eigenvalue weighted by Gasteiger charge is 2.32. The molecular weight excluding hydrogens is 259 g/mol. The molecule has 1 heterocycles. The number of nitrogens with two attached hydrogens (primary N) is 1. The second-order valence-electron chi connectivity index (χ2n) is 4.79. The van der Waals surface area contributed by atoms with Crippen molar-refractivity contribution >= 4 is 5.82 Å². The Morgan fingerprint density at radius 3 is 2.42 bits per heavy atom. The standard InChI is InChI=1S/C11H20F3N5/c1-7(2)19(6-11(12,13)14)5-9-8(3)17-18(4)10(9)16-15/h7,16H,5-6,15H2,1-4H3. The molecule has 110 valence electrons. The topological polar surface area (TPSA) is 59.1 Å². The number of rotatable bonds is 5. The maximum atomic E-state index is 12.6. The Morgan fingerprint density at radius 2 is 2.00 bits per heavy atom. The van der Waals surface area contributed by atoms with E-state index < -0.39 is 12.7 Å². The van der Waals surface area contributed by atoms with Crippen LogP contribution >= 0.6 is 0 Å². The predicted molar refractivity (Wildman–Crippen MR) is 67.4 cm³/mol. The minimum Gasteiger partial charge on any atom is -0.308 e. The van der Waals surface area contributed by atoms with Crippen molar-refractivity contribution in [3.8, 4) is 0 Å². The van der Waals surface area contributed by atoms with Crippen molar-refractivity contribution in [2.24, 2.45) is 12.9 Å². The lowest BCUT2D eigenvalue weighted by Crippen LogP contribution is -2.38. The van der Waals surface area contributed by atoms with Gasteiger partial charge in [-0.2, -0.15) is 18.3 Å². The van der Waals surface area contributed by atoms with E-state index in [0.29, 0.717) is 17.1 Å². The van der Waals surface area contributed by atoms with Crippen LogP contribution in [0.1, 0.15) is 25.1 Å². The zero-order valence-electron chi connectivity index (χ0n) is 11.5. The molecule has 0 saturated carbocycles. The number of hydrogen-bond acceptors (Lipinski definition) is 4. The number of hydrogen-bond donors (Lipinski definition) is 2. The molecule has 0 saturated heterocycles. The molecule has 0 fully saturated rings. The lowest BCUT2D eigenvalue weighted by atomic mass is 10.2. The normalized spacial score (nSPS) is 12.5. The first-order chi connectivity index (χ1) is 8.65. The fourth-order valence-electron chi connectivity index (χ4n) is 1.93. The van der Waals surface area contributed by atoms with Crippen molar-refractivity contribution in [1.29, 1.82) is 0 Å². The second-order valence-corrected chi connectivity index (χ2v) is 4.79. The number of nitrogens with one attached hydrogen (secondary N) is 1. The monoisotopic (exact) mass is 279 g/mol. The van der Waals surface area contributed by atoms with Gasteiger partial charge in [0.2, 0.25) is 0 Å². The van der Waals surface area contributed by atoms with Crippen LogP contribution in [-0.4, -0.2) is 33.4 Å². The molecule has 0 aromatic carbocycles. The summed E-state index contributed by atoms with van der Waals surface area (Å²) in [5.74, 6) is 5.93. The molecule has 1 aromatic rings.